The molecule has 0 aliphatic rings. The molecule has 0 radical (unpaired) electrons. The van der Waals surface area contributed by atoms with Crippen molar-refractivity contribution in [3.8, 4) is 11.5 Å². The molecule has 0 saturated heterocycles. The summed E-state index contributed by atoms with van der Waals surface area (Å²) in [5.41, 5.74) is 2.21. The van der Waals surface area contributed by atoms with Gasteiger partial charge in [-0.05, 0) is 66.2 Å². The van der Waals surface area contributed by atoms with Crippen molar-refractivity contribution in [2.24, 2.45) is 0 Å². The Balaban J connectivity index is 1.53. The topological polar surface area (TPSA) is 93.7 Å². The van der Waals surface area contributed by atoms with Crippen LogP contribution in [0.2, 0.25) is 0 Å². The first-order valence-electron chi connectivity index (χ1n) is 12.5. The van der Waals surface area contributed by atoms with E-state index in [9.17, 15) is 14.4 Å². The molecule has 0 unspecified atom stereocenters. The molecule has 41 heavy (non-hydrogen) atoms. The zero-order chi connectivity index (χ0) is 29.2. The molecule has 9 heteroatoms. The number of carbonyl (C=O) groups excluding carboxylic acids is 3. The fraction of sp³-hybridized carbons (Fsp3) is 0.0938. The third-order valence-corrected chi connectivity index (χ3v) is 7.40. The Kier molecular flexibility index (Phi) is 10.4. The van der Waals surface area contributed by atoms with Crippen molar-refractivity contribution in [2.75, 3.05) is 25.3 Å². The Morgan fingerprint density at radius 1 is 0.805 bits per heavy atom. The number of halogens is 1. The lowest BCUT2D eigenvalue weighted by molar-refractivity contribution is -0.113. The number of amides is 2. The molecule has 0 aliphatic heterocycles. The summed E-state index contributed by atoms with van der Waals surface area (Å²) in [7, 11) is 3.06. The van der Waals surface area contributed by atoms with E-state index < -0.39 is 11.8 Å². The number of nitrogens with one attached hydrogen (secondary N) is 2. The van der Waals surface area contributed by atoms with E-state index in [2.05, 4.69) is 26.6 Å². The van der Waals surface area contributed by atoms with Crippen LogP contribution in [-0.2, 0) is 4.79 Å². The van der Waals surface area contributed by atoms with Gasteiger partial charge in [0.05, 0.1) is 20.0 Å². The number of anilines is 1. The number of Topliss-reactive ketones (excluding diaryl/α,β-unsaturated/α-hetero) is 1. The summed E-state index contributed by atoms with van der Waals surface area (Å²) in [4.78, 5) is 39.8. The van der Waals surface area contributed by atoms with E-state index in [-0.39, 0.29) is 17.2 Å². The molecule has 4 aromatic carbocycles. The molecule has 4 aromatic rings. The lowest BCUT2D eigenvalue weighted by Crippen LogP contribution is -2.30. The van der Waals surface area contributed by atoms with E-state index in [0.29, 0.717) is 33.9 Å². The molecule has 7 nitrogen and oxygen atoms in total. The second-order valence-corrected chi connectivity index (χ2v) is 10.7. The predicted octanol–water partition coefficient (Wildman–Crippen LogP) is 6.85. The fourth-order valence-electron chi connectivity index (χ4n) is 3.78. The zero-order valence-corrected chi connectivity index (χ0v) is 24.8. The van der Waals surface area contributed by atoms with Crippen molar-refractivity contribution < 1.29 is 23.9 Å². The van der Waals surface area contributed by atoms with Crippen LogP contribution < -0.4 is 20.1 Å². The summed E-state index contributed by atoms with van der Waals surface area (Å²) in [5.74, 6) is 0.326. The number of ketones is 1. The van der Waals surface area contributed by atoms with Crippen LogP contribution in [0, 0.1) is 0 Å². The molecule has 2 N–H and O–H groups in total. The van der Waals surface area contributed by atoms with Crippen LogP contribution in [0.3, 0.4) is 0 Å². The largest absolute Gasteiger partial charge is 0.493 e. The van der Waals surface area contributed by atoms with Gasteiger partial charge in [-0.3, -0.25) is 14.4 Å². The van der Waals surface area contributed by atoms with Gasteiger partial charge in [0.1, 0.15) is 5.70 Å². The summed E-state index contributed by atoms with van der Waals surface area (Å²) in [6.07, 6.45) is 1.56. The molecule has 4 rings (SSSR count). The minimum Gasteiger partial charge on any atom is -0.493 e. The Labute approximate surface area is 251 Å². The minimum atomic E-state index is -0.517. The molecule has 0 bridgehead atoms. The first-order chi connectivity index (χ1) is 19.9. The van der Waals surface area contributed by atoms with Gasteiger partial charge in [0.25, 0.3) is 11.8 Å². The highest BCUT2D eigenvalue weighted by molar-refractivity contribution is 9.10. The number of ether oxygens (including phenoxy) is 2. The molecular formula is C32H27BrN2O5S. The summed E-state index contributed by atoms with van der Waals surface area (Å²) >= 11 is 4.75. The maximum atomic E-state index is 13.4. The highest BCUT2D eigenvalue weighted by atomic mass is 79.9. The van der Waals surface area contributed by atoms with Crippen molar-refractivity contribution in [2.45, 2.75) is 4.90 Å². The molecule has 208 valence electrons. The van der Waals surface area contributed by atoms with E-state index in [0.717, 1.165) is 9.37 Å². The fourth-order valence-corrected chi connectivity index (χ4v) is 4.90. The third-order valence-electron chi connectivity index (χ3n) is 5.88. The zero-order valence-electron chi connectivity index (χ0n) is 22.3. The van der Waals surface area contributed by atoms with Gasteiger partial charge in [0, 0.05) is 26.2 Å². The average molecular weight is 632 g/mol. The van der Waals surface area contributed by atoms with Gasteiger partial charge in [0.15, 0.2) is 17.3 Å². The first kappa shape index (κ1) is 29.6. The van der Waals surface area contributed by atoms with Crippen molar-refractivity contribution in [3.63, 3.8) is 0 Å². The lowest BCUT2D eigenvalue weighted by Gasteiger charge is -2.13. The summed E-state index contributed by atoms with van der Waals surface area (Å²) in [5, 5.41) is 5.58. The maximum Gasteiger partial charge on any atom is 0.272 e. The second-order valence-electron chi connectivity index (χ2n) is 8.69. The monoisotopic (exact) mass is 630 g/mol. The van der Waals surface area contributed by atoms with Crippen LogP contribution in [0.4, 0.5) is 5.69 Å². The van der Waals surface area contributed by atoms with Crippen LogP contribution >= 0.6 is 27.7 Å². The molecule has 0 aromatic heterocycles. The van der Waals surface area contributed by atoms with Gasteiger partial charge in [0.2, 0.25) is 0 Å². The van der Waals surface area contributed by atoms with Crippen LogP contribution in [-0.4, -0.2) is 37.6 Å². The van der Waals surface area contributed by atoms with E-state index >= 15 is 0 Å². The molecule has 0 spiro atoms. The van der Waals surface area contributed by atoms with Crippen molar-refractivity contribution in [1.82, 2.24) is 5.32 Å². The van der Waals surface area contributed by atoms with E-state index in [4.69, 9.17) is 9.47 Å². The van der Waals surface area contributed by atoms with Gasteiger partial charge >= 0.3 is 0 Å². The van der Waals surface area contributed by atoms with Gasteiger partial charge in [-0.15, -0.1) is 11.8 Å². The number of benzene rings is 4. The van der Waals surface area contributed by atoms with Crippen molar-refractivity contribution in [1.29, 1.82) is 0 Å². The SMILES string of the molecule is COc1ccc(/C=C(\NC(=O)c2ccccc2)C(=O)Nc2cccc(SCC(=O)c3ccc(Br)cc3)c2)cc1OC. The highest BCUT2D eigenvalue weighted by Crippen LogP contribution is 2.29. The van der Waals surface area contributed by atoms with Crippen molar-refractivity contribution in [3.05, 3.63) is 124 Å². The molecule has 0 atom stereocenters. The Bertz CT molecular complexity index is 1570. The predicted molar refractivity (Wildman–Crippen MR) is 166 cm³/mol. The van der Waals surface area contributed by atoms with E-state index in [1.807, 2.05) is 18.2 Å². The Hall–Kier alpha value is -4.34. The molecule has 0 saturated carbocycles. The van der Waals surface area contributed by atoms with Gasteiger partial charge in [-0.2, -0.15) is 0 Å². The Morgan fingerprint density at radius 3 is 2.24 bits per heavy atom. The first-order valence-corrected chi connectivity index (χ1v) is 14.3. The van der Waals surface area contributed by atoms with Gasteiger partial charge in [-0.25, -0.2) is 0 Å². The maximum absolute atomic E-state index is 13.4. The third kappa shape index (κ3) is 8.33. The number of methoxy groups -OCH3 is 2. The van der Waals surface area contributed by atoms with E-state index in [1.54, 1.807) is 84.9 Å². The average Bonchev–Trinajstić information content (AvgIpc) is 3.00. The molecule has 0 fully saturated rings. The van der Waals surface area contributed by atoms with Crippen LogP contribution in [0.1, 0.15) is 26.3 Å². The van der Waals surface area contributed by atoms with Crippen LogP contribution in [0.25, 0.3) is 6.08 Å². The highest BCUT2D eigenvalue weighted by Gasteiger charge is 2.16. The van der Waals surface area contributed by atoms with Gasteiger partial charge in [-0.1, -0.05) is 58.4 Å². The lowest BCUT2D eigenvalue weighted by atomic mass is 10.1. The summed E-state index contributed by atoms with van der Waals surface area (Å²) in [6, 6.07) is 28.2. The van der Waals surface area contributed by atoms with Crippen LogP contribution in [0.15, 0.2) is 112 Å². The molecule has 2 amide bonds. The number of thioether (sulfide) groups is 1. The standard InChI is InChI=1S/C32H27BrN2O5S/c1-39-29-16-11-21(18-30(29)40-2)17-27(35-31(37)23-7-4-3-5-8-23)32(38)34-25-9-6-10-26(19-25)41-20-28(36)22-12-14-24(33)15-13-22/h3-19H,20H2,1-2H3,(H,34,38)(H,35,37)/b27-17-. The minimum absolute atomic E-state index is 0.000650. The number of rotatable bonds is 11. The number of carbonyl (C=O) groups is 3. The van der Waals surface area contributed by atoms with E-state index in [1.165, 1.54) is 26.0 Å². The summed E-state index contributed by atoms with van der Waals surface area (Å²) in [6.45, 7) is 0. The second kappa shape index (κ2) is 14.3. The Morgan fingerprint density at radius 2 is 1.54 bits per heavy atom. The number of hydrogen-bond acceptors (Lipinski definition) is 6. The summed E-state index contributed by atoms with van der Waals surface area (Å²) < 4.78 is 11.6. The molecular weight excluding hydrogens is 604 g/mol. The molecule has 0 heterocycles. The van der Waals surface area contributed by atoms with Crippen LogP contribution in [0.5, 0.6) is 11.5 Å². The van der Waals surface area contributed by atoms with Crippen molar-refractivity contribution >= 4 is 57.1 Å². The quantitative estimate of drug-likeness (QED) is 0.107. The normalized spacial score (nSPS) is 11.0. The smallest absolute Gasteiger partial charge is 0.272 e. The van der Waals surface area contributed by atoms with Gasteiger partial charge < -0.3 is 20.1 Å². The number of hydrogen-bond donors (Lipinski definition) is 2. The molecule has 0 aliphatic carbocycles.